The molecule has 0 aromatic heterocycles. The Morgan fingerprint density at radius 1 is 1.42 bits per heavy atom. The van der Waals surface area contributed by atoms with Crippen molar-refractivity contribution in [3.8, 4) is 0 Å². The normalized spacial score (nSPS) is 13.0. The van der Waals surface area contributed by atoms with Crippen LogP contribution in [-0.2, 0) is 0 Å². The molecule has 1 aromatic rings. The molecule has 0 aliphatic heterocycles. The average Bonchev–Trinajstić information content (AvgIpc) is 2.08. The van der Waals surface area contributed by atoms with Crippen molar-refractivity contribution in [2.45, 2.75) is 19.3 Å². The Kier molecular flexibility index (Phi) is 2.79. The second-order valence-electron chi connectivity index (χ2n) is 2.77. The van der Waals surface area contributed by atoms with Crippen molar-refractivity contribution in [1.29, 1.82) is 0 Å². The summed E-state index contributed by atoms with van der Waals surface area (Å²) in [4.78, 5) is 0. The number of rotatable bonds is 2. The van der Waals surface area contributed by atoms with Crippen molar-refractivity contribution in [3.63, 3.8) is 0 Å². The lowest BCUT2D eigenvalue weighted by molar-refractivity contribution is 0.573. The van der Waals surface area contributed by atoms with E-state index < -0.39 is 5.82 Å². The molecule has 0 heterocycles. The van der Waals surface area contributed by atoms with E-state index in [1.54, 1.807) is 0 Å². The maximum absolute atomic E-state index is 13.0. The molecule has 0 saturated carbocycles. The van der Waals surface area contributed by atoms with Gasteiger partial charge in [0.05, 0.1) is 0 Å². The number of halogens is 2. The van der Waals surface area contributed by atoms with Crippen LogP contribution in [0.1, 0.15) is 24.8 Å². The summed E-state index contributed by atoms with van der Waals surface area (Å²) in [6.07, 6.45) is 0.709. The van der Waals surface area contributed by atoms with Crippen molar-refractivity contribution in [1.82, 2.24) is 0 Å². The van der Waals surface area contributed by atoms with Gasteiger partial charge in [0.15, 0.2) is 0 Å². The highest BCUT2D eigenvalue weighted by atomic mass is 19.1. The third kappa shape index (κ3) is 1.81. The molecule has 1 rings (SSSR count). The Balaban J connectivity index is 3.04. The lowest BCUT2D eigenvalue weighted by Crippen LogP contribution is -1.96. The van der Waals surface area contributed by atoms with Gasteiger partial charge in [0.25, 0.3) is 0 Å². The quantitative estimate of drug-likeness (QED) is 0.637. The molecular weight excluding hydrogens is 158 g/mol. The van der Waals surface area contributed by atoms with Crippen LogP contribution in [-0.4, -0.2) is 0 Å². The summed E-state index contributed by atoms with van der Waals surface area (Å²) >= 11 is 0. The van der Waals surface area contributed by atoms with E-state index in [1.165, 1.54) is 6.07 Å². The molecule has 0 N–H and O–H groups in total. The molecule has 0 nitrogen and oxygen atoms in total. The Morgan fingerprint density at radius 2 is 2.08 bits per heavy atom. The van der Waals surface area contributed by atoms with E-state index in [4.69, 9.17) is 0 Å². The van der Waals surface area contributed by atoms with Crippen LogP contribution in [0.2, 0.25) is 0 Å². The van der Waals surface area contributed by atoms with E-state index >= 15 is 0 Å². The largest absolute Gasteiger partial charge is 0.207 e. The standard InChI is InChI=1S/C10H11F2/c1-3-7(2)9-6-8(11)4-5-10(9)12/h4-7H,2-3H2,1H3. The topological polar surface area (TPSA) is 0 Å². The maximum Gasteiger partial charge on any atom is 0.126 e. The first-order chi connectivity index (χ1) is 5.65. The fraction of sp³-hybridized carbons (Fsp3) is 0.300. The van der Waals surface area contributed by atoms with E-state index in [9.17, 15) is 8.78 Å². The number of hydrogen-bond donors (Lipinski definition) is 0. The minimum Gasteiger partial charge on any atom is -0.207 e. The molecule has 0 spiro atoms. The zero-order chi connectivity index (χ0) is 9.14. The Labute approximate surface area is 71.2 Å². The van der Waals surface area contributed by atoms with Crippen LogP contribution >= 0.6 is 0 Å². The molecular formula is C10H11F2. The van der Waals surface area contributed by atoms with Gasteiger partial charge in [-0.2, -0.15) is 0 Å². The van der Waals surface area contributed by atoms with Crippen LogP contribution in [0.3, 0.4) is 0 Å². The zero-order valence-electron chi connectivity index (χ0n) is 6.98. The minimum absolute atomic E-state index is 0.166. The smallest absolute Gasteiger partial charge is 0.126 e. The van der Waals surface area contributed by atoms with Crippen molar-refractivity contribution in [2.24, 2.45) is 0 Å². The van der Waals surface area contributed by atoms with Gasteiger partial charge >= 0.3 is 0 Å². The third-order valence-electron chi connectivity index (χ3n) is 1.89. The fourth-order valence-corrected chi connectivity index (χ4v) is 1.05. The van der Waals surface area contributed by atoms with Gasteiger partial charge in [0, 0.05) is 0 Å². The van der Waals surface area contributed by atoms with Crippen LogP contribution in [0.25, 0.3) is 0 Å². The van der Waals surface area contributed by atoms with Gasteiger partial charge < -0.3 is 0 Å². The van der Waals surface area contributed by atoms with Crippen molar-refractivity contribution in [3.05, 3.63) is 42.3 Å². The van der Waals surface area contributed by atoms with Crippen molar-refractivity contribution >= 4 is 0 Å². The molecule has 1 aromatic carbocycles. The van der Waals surface area contributed by atoms with E-state index in [-0.39, 0.29) is 11.7 Å². The Morgan fingerprint density at radius 3 is 2.67 bits per heavy atom. The van der Waals surface area contributed by atoms with Gasteiger partial charge in [-0.05, 0) is 43.0 Å². The highest BCUT2D eigenvalue weighted by Gasteiger charge is 2.09. The Bertz CT molecular complexity index is 269. The lowest BCUT2D eigenvalue weighted by atomic mass is 9.98. The average molecular weight is 169 g/mol. The van der Waals surface area contributed by atoms with Crippen LogP contribution in [0.5, 0.6) is 0 Å². The maximum atomic E-state index is 13.0. The molecule has 2 heteroatoms. The summed E-state index contributed by atoms with van der Waals surface area (Å²) in [6.45, 7) is 5.61. The summed E-state index contributed by atoms with van der Waals surface area (Å²) in [6, 6.07) is 3.45. The lowest BCUT2D eigenvalue weighted by Gasteiger charge is -2.09. The third-order valence-corrected chi connectivity index (χ3v) is 1.89. The van der Waals surface area contributed by atoms with Crippen molar-refractivity contribution in [2.75, 3.05) is 0 Å². The summed E-state index contributed by atoms with van der Waals surface area (Å²) in [5.74, 6) is -0.951. The van der Waals surface area contributed by atoms with Gasteiger partial charge in [-0.1, -0.05) is 6.92 Å². The monoisotopic (exact) mass is 169 g/mol. The Hall–Kier alpha value is -0.920. The van der Waals surface area contributed by atoms with Crippen LogP contribution in [0, 0.1) is 18.6 Å². The molecule has 0 aliphatic rings. The predicted molar refractivity (Wildman–Crippen MR) is 44.7 cm³/mol. The van der Waals surface area contributed by atoms with Crippen LogP contribution in [0.15, 0.2) is 18.2 Å². The van der Waals surface area contributed by atoms with Gasteiger partial charge in [-0.3, -0.25) is 0 Å². The molecule has 0 fully saturated rings. The van der Waals surface area contributed by atoms with Gasteiger partial charge in [0.2, 0.25) is 0 Å². The first-order valence-electron chi connectivity index (χ1n) is 3.93. The highest BCUT2D eigenvalue weighted by molar-refractivity contribution is 5.23. The minimum atomic E-state index is -0.409. The van der Waals surface area contributed by atoms with Crippen LogP contribution in [0.4, 0.5) is 8.78 Å². The summed E-state index contributed by atoms with van der Waals surface area (Å²) < 4.78 is 25.6. The van der Waals surface area contributed by atoms with E-state index in [1.807, 2.05) is 6.92 Å². The SMILES string of the molecule is [CH2]C(CC)c1cc(F)ccc1F. The predicted octanol–water partition coefficient (Wildman–Crippen LogP) is 3.29. The molecule has 12 heavy (non-hydrogen) atoms. The highest BCUT2D eigenvalue weighted by Crippen LogP contribution is 2.21. The molecule has 0 amide bonds. The first-order valence-corrected chi connectivity index (χ1v) is 3.93. The molecule has 1 atom stereocenters. The molecule has 65 valence electrons. The van der Waals surface area contributed by atoms with E-state index in [2.05, 4.69) is 6.92 Å². The number of hydrogen-bond acceptors (Lipinski definition) is 0. The fourth-order valence-electron chi connectivity index (χ4n) is 1.05. The molecule has 1 radical (unpaired) electrons. The first kappa shape index (κ1) is 9.17. The molecule has 0 bridgehead atoms. The van der Waals surface area contributed by atoms with Crippen molar-refractivity contribution < 1.29 is 8.78 Å². The summed E-state index contributed by atoms with van der Waals surface area (Å²) in [5.41, 5.74) is 0.359. The second-order valence-corrected chi connectivity index (χ2v) is 2.77. The van der Waals surface area contributed by atoms with E-state index in [0.29, 0.717) is 12.0 Å². The van der Waals surface area contributed by atoms with E-state index in [0.717, 1.165) is 12.1 Å². The van der Waals surface area contributed by atoms with Gasteiger partial charge in [-0.25, -0.2) is 8.78 Å². The molecule has 0 saturated heterocycles. The van der Waals surface area contributed by atoms with Gasteiger partial charge in [0.1, 0.15) is 11.6 Å². The van der Waals surface area contributed by atoms with Crippen LogP contribution < -0.4 is 0 Å². The molecule has 1 unspecified atom stereocenters. The van der Waals surface area contributed by atoms with Gasteiger partial charge in [-0.15, -0.1) is 0 Å². The number of benzene rings is 1. The molecule has 0 aliphatic carbocycles. The second kappa shape index (κ2) is 3.65. The zero-order valence-corrected chi connectivity index (χ0v) is 6.98. The summed E-state index contributed by atoms with van der Waals surface area (Å²) in [7, 11) is 0. The summed E-state index contributed by atoms with van der Waals surface area (Å²) in [5, 5.41) is 0.